The summed E-state index contributed by atoms with van der Waals surface area (Å²) in [5.41, 5.74) is 6.79. The normalized spacial score (nSPS) is 10.8. The predicted octanol–water partition coefficient (Wildman–Crippen LogP) is -2.07. The monoisotopic (exact) mass is 1140 g/mol. The molecule has 0 aliphatic heterocycles. The number of halogens is 5. The zero-order valence-corrected chi connectivity index (χ0v) is 48.7. The molecule has 0 aliphatic rings. The van der Waals surface area contributed by atoms with Gasteiger partial charge in [-0.1, -0.05) is 6.07 Å². The molecule has 0 aliphatic carbocycles. The number of alkyl halides is 1. The lowest BCUT2D eigenvalue weighted by Gasteiger charge is -2.06. The quantitative estimate of drug-likeness (QED) is 0.0254. The summed E-state index contributed by atoms with van der Waals surface area (Å²) in [5.74, 6) is 0.720. The summed E-state index contributed by atoms with van der Waals surface area (Å²) >= 11 is 5.74. The van der Waals surface area contributed by atoms with Crippen molar-refractivity contribution in [2.45, 2.75) is 155 Å². The van der Waals surface area contributed by atoms with Crippen molar-refractivity contribution in [3.8, 4) is 0 Å². The molecule has 0 atom stereocenters. The van der Waals surface area contributed by atoms with Crippen LogP contribution in [-0.2, 0) is 82.0 Å². The molecule has 0 saturated carbocycles. The van der Waals surface area contributed by atoms with Crippen molar-refractivity contribution in [3.63, 3.8) is 0 Å². The van der Waals surface area contributed by atoms with E-state index in [1.807, 2.05) is 18.5 Å². The minimum atomic E-state index is 0. The van der Waals surface area contributed by atoms with Crippen LogP contribution in [0, 0.1) is 0 Å². The first-order valence-corrected chi connectivity index (χ1v) is 28.0. The fourth-order valence-corrected chi connectivity index (χ4v) is 8.88. The molecular weight excluding hydrogens is 1050 g/mol. The number of hydrogen-bond acceptors (Lipinski definition) is 6. The Hall–Kier alpha value is -3.00. The van der Waals surface area contributed by atoms with E-state index < -0.39 is 0 Å². The van der Waals surface area contributed by atoms with Crippen LogP contribution in [0.25, 0.3) is 0 Å². The third-order valence-corrected chi connectivity index (χ3v) is 12.9. The van der Waals surface area contributed by atoms with Gasteiger partial charge >= 0.3 is 0 Å². The van der Waals surface area contributed by atoms with Crippen molar-refractivity contribution in [3.05, 3.63) is 150 Å². The van der Waals surface area contributed by atoms with E-state index in [1.165, 1.54) is 27.8 Å². The molecule has 0 fully saturated rings. The average molecular weight is 1140 g/mol. The molecule has 0 spiro atoms. The molecule has 0 aromatic carbocycles. The molecule has 5 aromatic rings. The Balaban J connectivity index is 0.00000703. The van der Waals surface area contributed by atoms with Gasteiger partial charge in [0.2, 0.25) is 0 Å². The Morgan fingerprint density at radius 2 is 0.587 bits per heavy atom. The molecule has 5 heterocycles. The van der Waals surface area contributed by atoms with Gasteiger partial charge in [0.15, 0.2) is 49.6 Å². The van der Waals surface area contributed by atoms with Crippen LogP contribution in [0.3, 0.4) is 0 Å². The molecule has 0 unspecified atom stereocenters. The first-order valence-electron chi connectivity index (χ1n) is 27.5. The molecule has 0 radical (unpaired) electrons. The maximum atomic E-state index is 6.04. The highest BCUT2D eigenvalue weighted by molar-refractivity contribution is 6.17. The maximum absolute atomic E-state index is 6.04. The summed E-state index contributed by atoms with van der Waals surface area (Å²) in [6.45, 7) is 12.3. The molecule has 0 amide bonds. The highest BCUT2D eigenvalue weighted by atomic mass is 35.5. The predicted molar refractivity (Wildman–Crippen MR) is 283 cm³/mol. The number of rotatable bonds is 44. The van der Waals surface area contributed by atoms with Crippen molar-refractivity contribution < 1.29 is 91.6 Å². The van der Waals surface area contributed by atoms with Crippen molar-refractivity contribution in [2.24, 2.45) is 0 Å². The first kappa shape index (κ1) is 70.0. The van der Waals surface area contributed by atoms with Crippen LogP contribution in [0.4, 0.5) is 0 Å². The molecule has 5 rings (SSSR count). The number of nitrogens with zero attached hydrogens (tertiary/aromatic N) is 5. The van der Waals surface area contributed by atoms with Crippen molar-refractivity contribution in [2.75, 3.05) is 71.9 Å². The molecule has 5 aromatic heterocycles. The Labute approximate surface area is 482 Å². The molecule has 75 heavy (non-hydrogen) atoms. The summed E-state index contributed by atoms with van der Waals surface area (Å²) in [7, 11) is 0. The van der Waals surface area contributed by atoms with Gasteiger partial charge in [0.05, 0.1) is 0 Å². The molecule has 0 bridgehead atoms. The van der Waals surface area contributed by atoms with Gasteiger partial charge in [-0.3, -0.25) is 4.98 Å². The molecular formula is C60H90Cl5N5O5. The summed E-state index contributed by atoms with van der Waals surface area (Å²) < 4.78 is 38.9. The molecule has 420 valence electrons. The van der Waals surface area contributed by atoms with E-state index >= 15 is 0 Å². The minimum absolute atomic E-state index is 0. The highest BCUT2D eigenvalue weighted by Gasteiger charge is 2.08. The van der Waals surface area contributed by atoms with Gasteiger partial charge < -0.3 is 73.3 Å². The lowest BCUT2D eigenvalue weighted by Crippen LogP contribution is -3.00. The van der Waals surface area contributed by atoms with Crippen molar-refractivity contribution in [1.29, 1.82) is 0 Å². The summed E-state index contributed by atoms with van der Waals surface area (Å²) in [6, 6.07) is 21.7. The second kappa shape index (κ2) is 48.2. The number of hydrogen-bond donors (Lipinski definition) is 0. The number of aromatic nitrogens is 5. The second-order valence-corrected chi connectivity index (χ2v) is 19.3. The molecule has 0 N–H and O–H groups in total. The third kappa shape index (κ3) is 35.2. The molecule has 10 nitrogen and oxygen atoms in total. The van der Waals surface area contributed by atoms with E-state index in [0.717, 1.165) is 227 Å². The number of aryl methyl sites for hydroxylation is 9. The summed E-state index contributed by atoms with van der Waals surface area (Å²) in [4.78, 5) is 4.18. The van der Waals surface area contributed by atoms with Crippen molar-refractivity contribution >= 4 is 11.6 Å². The van der Waals surface area contributed by atoms with Crippen LogP contribution >= 0.6 is 11.6 Å². The minimum Gasteiger partial charge on any atom is -1.00 e. The SMILES string of the molecule is ClCCCCOCCCc1ccc[n+](CCCCOCCCc2ccc[n+](CCCCOCCCc3ccc[n+](CCCCOCCCc4ccc[n+](CCCCOCCCc5cccnc5)c4)c3)c2)c1.[Cl-].[Cl-].[Cl-].[Cl-]. The van der Waals surface area contributed by atoms with E-state index in [2.05, 4.69) is 127 Å². The van der Waals surface area contributed by atoms with E-state index in [1.54, 1.807) is 0 Å². The van der Waals surface area contributed by atoms with Gasteiger partial charge in [-0.2, -0.15) is 0 Å². The Kier molecular flexibility index (Phi) is 45.0. The number of pyridine rings is 5. The topological polar surface area (TPSA) is 74.6 Å². The highest BCUT2D eigenvalue weighted by Crippen LogP contribution is 2.07. The zero-order chi connectivity index (χ0) is 49.3. The lowest BCUT2D eigenvalue weighted by atomic mass is 10.1. The maximum Gasteiger partial charge on any atom is 0.171 e. The fraction of sp³-hybridized carbons (Fsp3) is 0.583. The largest absolute Gasteiger partial charge is 1.00 e. The Morgan fingerprint density at radius 3 is 0.867 bits per heavy atom. The first-order chi connectivity index (χ1) is 35.2. The number of ether oxygens (including phenoxy) is 5. The van der Waals surface area contributed by atoms with Crippen LogP contribution in [0.2, 0.25) is 0 Å². The van der Waals surface area contributed by atoms with Gasteiger partial charge in [0.1, 0.15) is 26.2 Å². The average Bonchev–Trinajstić information content (AvgIpc) is 3.40. The van der Waals surface area contributed by atoms with Crippen LogP contribution in [0.15, 0.2) is 123 Å². The van der Waals surface area contributed by atoms with Crippen LogP contribution in [0.1, 0.15) is 124 Å². The summed E-state index contributed by atoms with van der Waals surface area (Å²) in [6.07, 6.45) is 43.1. The Bertz CT molecular complexity index is 2080. The van der Waals surface area contributed by atoms with Gasteiger partial charge in [-0.15, -0.1) is 11.6 Å². The van der Waals surface area contributed by atoms with Crippen molar-refractivity contribution in [1.82, 2.24) is 4.98 Å². The smallest absolute Gasteiger partial charge is 0.171 e. The van der Waals surface area contributed by atoms with Crippen LogP contribution in [0.5, 0.6) is 0 Å². The van der Waals surface area contributed by atoms with Crippen LogP contribution in [-0.4, -0.2) is 76.9 Å². The van der Waals surface area contributed by atoms with Gasteiger partial charge in [0.25, 0.3) is 0 Å². The fourth-order valence-electron chi connectivity index (χ4n) is 8.69. The molecule has 0 saturated heterocycles. The second-order valence-electron chi connectivity index (χ2n) is 19.0. The standard InChI is InChI=1S/C60H90ClN5O5.4ClH/c61-31-1-6-41-67-47-17-27-57-22-12-37-64(52-57)34-3-8-43-69-49-19-29-59-24-14-39-66(54-59)36-5-10-45-71-50-20-30-60-25-15-40-65(55-60)35-4-9-44-70-48-18-28-58-23-13-38-63(53-58)33-2-7-42-68-46-16-26-56-21-11-32-62-51-56;;;;/h11-15,21-25,32,37-40,51-55H,1-10,16-20,26-31,33-36,41-50H2;4*1H/q+4;;;;/p-4. The van der Waals surface area contributed by atoms with E-state index in [4.69, 9.17) is 35.3 Å². The third-order valence-electron chi connectivity index (χ3n) is 12.7. The molecule has 15 heteroatoms. The van der Waals surface area contributed by atoms with Gasteiger partial charge in [0, 0.05) is 157 Å². The van der Waals surface area contributed by atoms with Crippen LogP contribution < -0.4 is 67.9 Å². The number of unbranched alkanes of at least 4 members (excludes halogenated alkanes) is 5. The zero-order valence-electron chi connectivity index (χ0n) is 45.0. The van der Waals surface area contributed by atoms with E-state index in [0.29, 0.717) is 0 Å². The van der Waals surface area contributed by atoms with Gasteiger partial charge in [-0.25, -0.2) is 18.3 Å². The lowest BCUT2D eigenvalue weighted by molar-refractivity contribution is -0.698. The van der Waals surface area contributed by atoms with E-state index in [-0.39, 0.29) is 49.6 Å². The Morgan fingerprint density at radius 1 is 0.320 bits per heavy atom. The summed E-state index contributed by atoms with van der Waals surface area (Å²) in [5, 5.41) is 0. The van der Waals surface area contributed by atoms with E-state index in [9.17, 15) is 0 Å². The van der Waals surface area contributed by atoms with Gasteiger partial charge in [-0.05, 0) is 139 Å².